The van der Waals surface area contributed by atoms with Crippen LogP contribution in [0, 0.1) is 5.92 Å². The van der Waals surface area contributed by atoms with Gasteiger partial charge in [-0.1, -0.05) is 23.7 Å². The van der Waals surface area contributed by atoms with Crippen molar-refractivity contribution in [1.82, 2.24) is 10.2 Å². The molecule has 110 valence electrons. The third kappa shape index (κ3) is 4.47. The summed E-state index contributed by atoms with van der Waals surface area (Å²) in [4.78, 5) is 14.0. The van der Waals surface area contributed by atoms with E-state index in [1.165, 1.54) is 0 Å². The van der Waals surface area contributed by atoms with Gasteiger partial charge in [-0.3, -0.25) is 9.69 Å². The summed E-state index contributed by atoms with van der Waals surface area (Å²) in [6.45, 7) is 4.37. The van der Waals surface area contributed by atoms with E-state index < -0.39 is 0 Å². The molecule has 2 unspecified atom stereocenters. The van der Waals surface area contributed by atoms with Crippen LogP contribution in [0.4, 0.5) is 0 Å². The molecule has 5 heteroatoms. The van der Waals surface area contributed by atoms with Crippen molar-refractivity contribution in [2.45, 2.75) is 26.0 Å². The third-order valence-electron chi connectivity index (χ3n) is 3.74. The minimum atomic E-state index is -0.297. The Morgan fingerprint density at radius 3 is 3.05 bits per heavy atom. The van der Waals surface area contributed by atoms with Gasteiger partial charge in [-0.05, 0) is 43.5 Å². The number of halogens is 1. The number of nitrogens with zero attached hydrogens (tertiary/aromatic N) is 1. The Labute approximate surface area is 124 Å². The summed E-state index contributed by atoms with van der Waals surface area (Å²) >= 11 is 5.90. The van der Waals surface area contributed by atoms with Crippen molar-refractivity contribution in [3.05, 3.63) is 34.9 Å². The van der Waals surface area contributed by atoms with Gasteiger partial charge in [0, 0.05) is 18.1 Å². The van der Waals surface area contributed by atoms with Gasteiger partial charge in [-0.15, -0.1) is 0 Å². The van der Waals surface area contributed by atoms with Crippen molar-refractivity contribution in [3.8, 4) is 0 Å². The molecule has 1 aromatic rings. The van der Waals surface area contributed by atoms with E-state index in [0.717, 1.165) is 25.1 Å². The second kappa shape index (κ2) is 7.07. The summed E-state index contributed by atoms with van der Waals surface area (Å²) in [5.41, 5.74) is 0.995. The van der Waals surface area contributed by atoms with Crippen molar-refractivity contribution in [2.24, 2.45) is 5.92 Å². The van der Waals surface area contributed by atoms with E-state index in [0.29, 0.717) is 18.1 Å². The summed E-state index contributed by atoms with van der Waals surface area (Å²) in [5.74, 6) is 0.298. The van der Waals surface area contributed by atoms with Crippen LogP contribution in [0.25, 0.3) is 0 Å². The molecule has 4 nitrogen and oxygen atoms in total. The van der Waals surface area contributed by atoms with E-state index in [2.05, 4.69) is 10.2 Å². The normalized spacial score (nSPS) is 20.9. The first kappa shape index (κ1) is 15.3. The monoisotopic (exact) mass is 296 g/mol. The highest BCUT2D eigenvalue weighted by Gasteiger charge is 2.26. The zero-order chi connectivity index (χ0) is 14.5. The Morgan fingerprint density at radius 1 is 1.60 bits per heavy atom. The molecule has 0 saturated carbocycles. The first-order chi connectivity index (χ1) is 9.54. The average molecular weight is 297 g/mol. The topological polar surface area (TPSA) is 52.6 Å². The molecule has 1 aliphatic rings. The number of hydrogen-bond donors (Lipinski definition) is 2. The van der Waals surface area contributed by atoms with E-state index in [9.17, 15) is 9.90 Å². The molecule has 0 spiro atoms. The number of carbonyl (C=O) groups excluding carboxylic acids is 1. The molecule has 1 aromatic carbocycles. The second-order valence-electron chi connectivity index (χ2n) is 5.43. The van der Waals surface area contributed by atoms with Crippen LogP contribution in [0.1, 0.15) is 18.9 Å². The lowest BCUT2D eigenvalue weighted by molar-refractivity contribution is -0.122. The highest BCUT2D eigenvalue weighted by atomic mass is 35.5. The molecule has 2 N–H and O–H groups in total. The second-order valence-corrected chi connectivity index (χ2v) is 5.87. The average Bonchev–Trinajstić information content (AvgIpc) is 2.85. The summed E-state index contributed by atoms with van der Waals surface area (Å²) in [5, 5.41) is 13.1. The zero-order valence-corrected chi connectivity index (χ0v) is 12.4. The largest absolute Gasteiger partial charge is 0.393 e. The highest BCUT2D eigenvalue weighted by molar-refractivity contribution is 6.30. The van der Waals surface area contributed by atoms with E-state index in [1.54, 1.807) is 0 Å². The van der Waals surface area contributed by atoms with Crippen LogP contribution in [0.3, 0.4) is 0 Å². The van der Waals surface area contributed by atoms with Gasteiger partial charge in [0.2, 0.25) is 5.91 Å². The molecule has 0 aliphatic carbocycles. The van der Waals surface area contributed by atoms with Crippen molar-refractivity contribution in [1.29, 1.82) is 0 Å². The van der Waals surface area contributed by atoms with Gasteiger partial charge in [0.15, 0.2) is 0 Å². The smallest absolute Gasteiger partial charge is 0.234 e. The predicted octanol–water partition coefficient (Wildman–Crippen LogP) is 1.66. The lowest BCUT2D eigenvalue weighted by Crippen LogP contribution is -2.36. The number of carbonyl (C=O) groups is 1. The van der Waals surface area contributed by atoms with Crippen molar-refractivity contribution in [2.75, 3.05) is 19.6 Å². The predicted molar refractivity (Wildman–Crippen MR) is 79.5 cm³/mol. The molecule has 1 amide bonds. The molecular weight excluding hydrogens is 276 g/mol. The van der Waals surface area contributed by atoms with Gasteiger partial charge in [-0.2, -0.15) is 0 Å². The number of likely N-dealkylation sites (tertiary alicyclic amines) is 1. The van der Waals surface area contributed by atoms with Crippen molar-refractivity contribution < 1.29 is 9.90 Å². The standard InChI is InChI=1S/C15H21ClN2O2/c1-11(19)13-5-6-18(9-13)10-15(20)17-8-12-3-2-4-14(16)7-12/h2-4,7,11,13,19H,5-6,8-10H2,1H3,(H,17,20). The fourth-order valence-electron chi connectivity index (χ4n) is 2.51. The quantitative estimate of drug-likeness (QED) is 0.869. The van der Waals surface area contributed by atoms with Gasteiger partial charge in [-0.25, -0.2) is 0 Å². The number of hydrogen-bond acceptors (Lipinski definition) is 3. The van der Waals surface area contributed by atoms with Crippen LogP contribution < -0.4 is 5.32 Å². The molecule has 2 rings (SSSR count). The first-order valence-electron chi connectivity index (χ1n) is 6.96. The van der Waals surface area contributed by atoms with Crippen molar-refractivity contribution in [3.63, 3.8) is 0 Å². The lowest BCUT2D eigenvalue weighted by Gasteiger charge is -2.17. The summed E-state index contributed by atoms with van der Waals surface area (Å²) in [7, 11) is 0. The molecule has 0 aromatic heterocycles. The van der Waals surface area contributed by atoms with E-state index >= 15 is 0 Å². The van der Waals surface area contributed by atoms with E-state index in [1.807, 2.05) is 31.2 Å². The molecule has 1 heterocycles. The molecule has 1 aliphatic heterocycles. The van der Waals surface area contributed by atoms with Gasteiger partial charge >= 0.3 is 0 Å². The van der Waals surface area contributed by atoms with Gasteiger partial charge < -0.3 is 10.4 Å². The maximum absolute atomic E-state index is 11.9. The van der Waals surface area contributed by atoms with Gasteiger partial charge in [0.1, 0.15) is 0 Å². The van der Waals surface area contributed by atoms with Gasteiger partial charge in [0.25, 0.3) is 0 Å². The zero-order valence-electron chi connectivity index (χ0n) is 11.7. The summed E-state index contributed by atoms with van der Waals surface area (Å²) < 4.78 is 0. The number of benzene rings is 1. The Hall–Kier alpha value is -1.10. The molecule has 20 heavy (non-hydrogen) atoms. The Bertz CT molecular complexity index is 465. The van der Waals surface area contributed by atoms with E-state index in [-0.39, 0.29) is 17.9 Å². The molecule has 0 bridgehead atoms. The number of aliphatic hydroxyl groups is 1. The molecule has 1 saturated heterocycles. The van der Waals surface area contributed by atoms with Crippen LogP contribution in [0.15, 0.2) is 24.3 Å². The number of amides is 1. The fraction of sp³-hybridized carbons (Fsp3) is 0.533. The van der Waals surface area contributed by atoms with Crippen LogP contribution in [0.2, 0.25) is 5.02 Å². The van der Waals surface area contributed by atoms with Crippen LogP contribution in [-0.2, 0) is 11.3 Å². The maximum Gasteiger partial charge on any atom is 0.234 e. The SMILES string of the molecule is CC(O)C1CCN(CC(=O)NCc2cccc(Cl)c2)C1. The summed E-state index contributed by atoms with van der Waals surface area (Å²) in [6, 6.07) is 7.47. The Balaban J connectivity index is 1.73. The van der Waals surface area contributed by atoms with Gasteiger partial charge in [0.05, 0.1) is 12.6 Å². The minimum absolute atomic E-state index is 0.0104. The van der Waals surface area contributed by atoms with Crippen molar-refractivity contribution >= 4 is 17.5 Å². The number of nitrogens with one attached hydrogen (secondary N) is 1. The highest BCUT2D eigenvalue weighted by Crippen LogP contribution is 2.19. The first-order valence-corrected chi connectivity index (χ1v) is 7.34. The van der Waals surface area contributed by atoms with Crippen LogP contribution in [0.5, 0.6) is 0 Å². The van der Waals surface area contributed by atoms with Crippen LogP contribution in [-0.4, -0.2) is 41.7 Å². The number of rotatable bonds is 5. The van der Waals surface area contributed by atoms with E-state index in [4.69, 9.17) is 11.6 Å². The molecule has 2 atom stereocenters. The maximum atomic E-state index is 11.9. The summed E-state index contributed by atoms with van der Waals surface area (Å²) in [6.07, 6.45) is 0.661. The molecular formula is C15H21ClN2O2. The Morgan fingerprint density at radius 2 is 2.40 bits per heavy atom. The molecule has 1 fully saturated rings. The Kier molecular flexibility index (Phi) is 5.40. The minimum Gasteiger partial charge on any atom is -0.393 e. The lowest BCUT2D eigenvalue weighted by atomic mass is 10.0. The third-order valence-corrected chi connectivity index (χ3v) is 3.97. The van der Waals surface area contributed by atoms with Crippen LogP contribution >= 0.6 is 11.6 Å². The fourth-order valence-corrected chi connectivity index (χ4v) is 2.72. The number of aliphatic hydroxyl groups excluding tert-OH is 1. The molecule has 0 radical (unpaired) electrons.